The van der Waals surface area contributed by atoms with E-state index in [1.807, 2.05) is 5.32 Å². The predicted molar refractivity (Wildman–Crippen MR) is 88.9 cm³/mol. The van der Waals surface area contributed by atoms with Crippen LogP contribution in [0.3, 0.4) is 0 Å². The van der Waals surface area contributed by atoms with Crippen molar-refractivity contribution in [2.75, 3.05) is 20.8 Å². The van der Waals surface area contributed by atoms with Gasteiger partial charge >= 0.3 is 12.0 Å². The number of hydrogen-bond acceptors (Lipinski definition) is 7. The highest BCUT2D eigenvalue weighted by molar-refractivity contribution is 5.97. The van der Waals surface area contributed by atoms with Crippen LogP contribution in [0.25, 0.3) is 0 Å². The third-order valence-corrected chi connectivity index (χ3v) is 3.21. The lowest BCUT2D eigenvalue weighted by atomic mass is 10.2. The molecule has 9 heteroatoms. The molecule has 2 aromatic rings. The van der Waals surface area contributed by atoms with Gasteiger partial charge in [0.15, 0.2) is 18.1 Å². The van der Waals surface area contributed by atoms with Crippen LogP contribution in [0.1, 0.15) is 16.1 Å². The van der Waals surface area contributed by atoms with Crippen molar-refractivity contribution in [2.45, 2.75) is 6.54 Å². The summed E-state index contributed by atoms with van der Waals surface area (Å²) in [6.07, 6.45) is 1.47. The normalized spacial score (nSPS) is 9.92. The van der Waals surface area contributed by atoms with E-state index in [0.29, 0.717) is 17.3 Å². The van der Waals surface area contributed by atoms with Crippen molar-refractivity contribution in [3.63, 3.8) is 0 Å². The number of furan rings is 1. The molecule has 0 unspecified atom stereocenters. The number of carbonyl (C=O) groups excluding carboxylic acids is 3. The third kappa shape index (κ3) is 5.26. The first-order valence-electron chi connectivity index (χ1n) is 7.52. The van der Waals surface area contributed by atoms with Crippen molar-refractivity contribution < 1.29 is 33.0 Å². The summed E-state index contributed by atoms with van der Waals surface area (Å²) in [5.41, 5.74) is 0.178. The molecule has 0 saturated carbocycles. The topological polar surface area (TPSA) is 116 Å². The number of rotatable bonds is 7. The van der Waals surface area contributed by atoms with E-state index in [1.54, 1.807) is 12.1 Å². The van der Waals surface area contributed by atoms with E-state index in [9.17, 15) is 14.4 Å². The van der Waals surface area contributed by atoms with E-state index >= 15 is 0 Å². The van der Waals surface area contributed by atoms with Crippen molar-refractivity contribution in [3.8, 4) is 11.5 Å². The Hall–Kier alpha value is -3.49. The van der Waals surface area contributed by atoms with E-state index in [2.05, 4.69) is 5.32 Å². The number of imide groups is 1. The van der Waals surface area contributed by atoms with Gasteiger partial charge in [0.1, 0.15) is 5.76 Å². The first-order chi connectivity index (χ1) is 12.5. The van der Waals surface area contributed by atoms with E-state index in [-0.39, 0.29) is 12.1 Å². The summed E-state index contributed by atoms with van der Waals surface area (Å²) in [5.74, 6) is -0.168. The molecule has 0 aliphatic heterocycles. The van der Waals surface area contributed by atoms with Gasteiger partial charge in [-0.25, -0.2) is 9.59 Å². The largest absolute Gasteiger partial charge is 0.493 e. The fraction of sp³-hybridized carbons (Fsp3) is 0.235. The average Bonchev–Trinajstić information content (AvgIpc) is 3.17. The van der Waals surface area contributed by atoms with E-state index in [4.69, 9.17) is 18.6 Å². The number of hydrogen-bond donors (Lipinski definition) is 2. The van der Waals surface area contributed by atoms with Gasteiger partial charge in [0, 0.05) is 0 Å². The van der Waals surface area contributed by atoms with Crippen LogP contribution in [0.4, 0.5) is 4.79 Å². The van der Waals surface area contributed by atoms with Crippen molar-refractivity contribution in [2.24, 2.45) is 0 Å². The highest BCUT2D eigenvalue weighted by Gasteiger charge is 2.15. The molecule has 26 heavy (non-hydrogen) atoms. The maximum Gasteiger partial charge on any atom is 0.338 e. The van der Waals surface area contributed by atoms with Gasteiger partial charge in [0.2, 0.25) is 0 Å². The maximum atomic E-state index is 12.0. The fourth-order valence-electron chi connectivity index (χ4n) is 1.97. The van der Waals surface area contributed by atoms with Gasteiger partial charge in [-0.2, -0.15) is 0 Å². The quantitative estimate of drug-likeness (QED) is 0.717. The van der Waals surface area contributed by atoms with Crippen LogP contribution in [-0.4, -0.2) is 38.7 Å². The summed E-state index contributed by atoms with van der Waals surface area (Å²) in [5, 5.41) is 4.46. The van der Waals surface area contributed by atoms with Crippen LogP contribution < -0.4 is 20.1 Å². The molecule has 0 radical (unpaired) electrons. The Morgan fingerprint density at radius 2 is 1.85 bits per heavy atom. The van der Waals surface area contributed by atoms with Gasteiger partial charge in [-0.1, -0.05) is 0 Å². The van der Waals surface area contributed by atoms with Crippen LogP contribution in [-0.2, 0) is 16.1 Å². The Bertz CT molecular complexity index is 771. The van der Waals surface area contributed by atoms with Crippen LogP contribution in [0.2, 0.25) is 0 Å². The molecule has 1 heterocycles. The molecule has 9 nitrogen and oxygen atoms in total. The van der Waals surface area contributed by atoms with Gasteiger partial charge in [-0.3, -0.25) is 10.1 Å². The zero-order valence-corrected chi connectivity index (χ0v) is 14.2. The van der Waals surface area contributed by atoms with E-state index in [1.165, 1.54) is 38.7 Å². The molecule has 0 fully saturated rings. The van der Waals surface area contributed by atoms with Gasteiger partial charge in [-0.05, 0) is 30.3 Å². The molecular formula is C17H18N2O7. The molecule has 138 valence electrons. The number of methoxy groups -OCH3 is 2. The van der Waals surface area contributed by atoms with Crippen LogP contribution in [0, 0.1) is 0 Å². The van der Waals surface area contributed by atoms with Gasteiger partial charge in [0.25, 0.3) is 5.91 Å². The highest BCUT2D eigenvalue weighted by Crippen LogP contribution is 2.27. The molecule has 2 N–H and O–H groups in total. The second-order valence-corrected chi connectivity index (χ2v) is 4.96. The summed E-state index contributed by atoms with van der Waals surface area (Å²) in [4.78, 5) is 35.2. The van der Waals surface area contributed by atoms with Crippen LogP contribution in [0.15, 0.2) is 41.0 Å². The summed E-state index contributed by atoms with van der Waals surface area (Å²) in [6.45, 7) is -0.487. The van der Waals surface area contributed by atoms with Crippen molar-refractivity contribution in [1.82, 2.24) is 10.6 Å². The Morgan fingerprint density at radius 1 is 1.08 bits per heavy atom. The molecule has 2 rings (SSSR count). The van der Waals surface area contributed by atoms with Gasteiger partial charge in [-0.15, -0.1) is 0 Å². The summed E-state index contributed by atoms with van der Waals surface area (Å²) in [6, 6.07) is 7.05. The lowest BCUT2D eigenvalue weighted by molar-refractivity contribution is -0.123. The molecule has 0 aliphatic carbocycles. The highest BCUT2D eigenvalue weighted by atomic mass is 16.5. The van der Waals surface area contributed by atoms with E-state index < -0.39 is 24.5 Å². The summed E-state index contributed by atoms with van der Waals surface area (Å²) < 4.78 is 20.1. The number of urea groups is 1. The second-order valence-electron chi connectivity index (χ2n) is 4.96. The minimum absolute atomic E-state index is 0.123. The number of ether oxygens (including phenoxy) is 3. The summed E-state index contributed by atoms with van der Waals surface area (Å²) >= 11 is 0. The monoisotopic (exact) mass is 362 g/mol. The maximum absolute atomic E-state index is 12.0. The SMILES string of the molecule is COc1ccc(C(=O)OCC(=O)NC(=O)NCc2ccco2)cc1OC. The average molecular weight is 362 g/mol. The second kappa shape index (κ2) is 9.11. The molecular weight excluding hydrogens is 344 g/mol. The number of nitrogens with one attached hydrogen (secondary N) is 2. The zero-order chi connectivity index (χ0) is 18.9. The smallest absolute Gasteiger partial charge is 0.338 e. The predicted octanol–water partition coefficient (Wildman–Crippen LogP) is 1.48. The lowest BCUT2D eigenvalue weighted by Crippen LogP contribution is -2.41. The molecule has 0 saturated heterocycles. The number of benzene rings is 1. The molecule has 0 bridgehead atoms. The van der Waals surface area contributed by atoms with Crippen molar-refractivity contribution in [3.05, 3.63) is 47.9 Å². The number of amides is 3. The van der Waals surface area contributed by atoms with Gasteiger partial charge < -0.3 is 23.9 Å². The van der Waals surface area contributed by atoms with Crippen LogP contribution in [0.5, 0.6) is 11.5 Å². The molecule has 0 atom stereocenters. The zero-order valence-electron chi connectivity index (χ0n) is 14.2. The molecule has 1 aromatic heterocycles. The Labute approximate surface area is 149 Å². The standard InChI is InChI=1S/C17H18N2O7/c1-23-13-6-5-11(8-14(13)24-2)16(21)26-10-15(20)19-17(22)18-9-12-4-3-7-25-12/h3-8H,9-10H2,1-2H3,(H2,18,19,20,22). The first-order valence-corrected chi connectivity index (χ1v) is 7.52. The minimum atomic E-state index is -0.768. The van der Waals surface area contributed by atoms with Gasteiger partial charge in [0.05, 0.1) is 32.6 Å². The van der Waals surface area contributed by atoms with Crippen molar-refractivity contribution in [1.29, 1.82) is 0 Å². The lowest BCUT2D eigenvalue weighted by Gasteiger charge is -2.10. The van der Waals surface area contributed by atoms with Crippen molar-refractivity contribution >= 4 is 17.9 Å². The summed E-state index contributed by atoms with van der Waals surface area (Å²) in [7, 11) is 2.90. The first kappa shape index (κ1) is 18.8. The third-order valence-electron chi connectivity index (χ3n) is 3.21. The Balaban J connectivity index is 1.79. The molecule has 1 aromatic carbocycles. The number of esters is 1. The Morgan fingerprint density at radius 3 is 2.50 bits per heavy atom. The molecule has 0 aliphatic rings. The molecule has 3 amide bonds. The van der Waals surface area contributed by atoms with Crippen LogP contribution >= 0.6 is 0 Å². The minimum Gasteiger partial charge on any atom is -0.493 e. The number of carbonyl (C=O) groups is 3. The Kier molecular flexibility index (Phi) is 6.60. The van der Waals surface area contributed by atoms with E-state index in [0.717, 1.165) is 0 Å². The fourth-order valence-corrected chi connectivity index (χ4v) is 1.97. The molecule has 0 spiro atoms.